The van der Waals surface area contributed by atoms with Crippen molar-refractivity contribution in [1.82, 2.24) is 0 Å². The molecule has 0 saturated heterocycles. The van der Waals surface area contributed by atoms with Crippen molar-refractivity contribution in [2.45, 2.75) is 32.2 Å². The Morgan fingerprint density at radius 2 is 2.00 bits per heavy atom. The number of thiophene rings is 1. The summed E-state index contributed by atoms with van der Waals surface area (Å²) in [6, 6.07) is 5.73. The lowest BCUT2D eigenvalue weighted by Crippen LogP contribution is -2.38. The second kappa shape index (κ2) is 5.43. The third-order valence-electron chi connectivity index (χ3n) is 3.52. The second-order valence-electron chi connectivity index (χ2n) is 4.90. The Labute approximate surface area is 121 Å². The highest BCUT2D eigenvalue weighted by Gasteiger charge is 2.17. The van der Waals surface area contributed by atoms with E-state index < -0.39 is 0 Å². The van der Waals surface area contributed by atoms with Crippen LogP contribution in [0, 0.1) is 0 Å². The first-order valence-corrected chi connectivity index (χ1v) is 7.71. The van der Waals surface area contributed by atoms with Gasteiger partial charge in [0.2, 0.25) is 12.3 Å². The molecule has 0 N–H and O–H groups in total. The van der Waals surface area contributed by atoms with Gasteiger partial charge in [-0.05, 0) is 43.4 Å². The molecule has 0 unspecified atom stereocenters. The summed E-state index contributed by atoms with van der Waals surface area (Å²) in [7, 11) is 0. The van der Waals surface area contributed by atoms with E-state index in [9.17, 15) is 4.79 Å². The fourth-order valence-corrected chi connectivity index (χ4v) is 3.50. The lowest BCUT2D eigenvalue weighted by Gasteiger charge is -2.13. The van der Waals surface area contributed by atoms with E-state index in [4.69, 9.17) is 11.6 Å². The van der Waals surface area contributed by atoms with Crippen LogP contribution in [0.5, 0.6) is 0 Å². The Hall–Kier alpha value is -1.19. The van der Waals surface area contributed by atoms with E-state index in [1.54, 1.807) is 12.1 Å². The predicted octanol–water partition coefficient (Wildman–Crippen LogP) is 3.45. The average molecular weight is 293 g/mol. The number of rotatable bonds is 3. The van der Waals surface area contributed by atoms with Crippen molar-refractivity contribution in [1.29, 1.82) is 0 Å². The molecule has 4 heteroatoms. The third kappa shape index (κ3) is 2.88. The molecule has 1 aliphatic carbocycles. The second-order valence-corrected chi connectivity index (χ2v) is 6.62. The van der Waals surface area contributed by atoms with Gasteiger partial charge in [0.1, 0.15) is 0 Å². The fourth-order valence-electron chi connectivity index (χ4n) is 2.52. The number of fused-ring (bicyclic) bond motifs is 1. The Morgan fingerprint density at radius 1 is 1.21 bits per heavy atom. The minimum atomic E-state index is 0.123. The average Bonchev–Trinajstić information content (AvgIpc) is 2.85. The van der Waals surface area contributed by atoms with E-state index in [0.717, 1.165) is 11.3 Å². The van der Waals surface area contributed by atoms with Crippen LogP contribution in [0.4, 0.5) is 0 Å². The van der Waals surface area contributed by atoms with Crippen molar-refractivity contribution in [3.63, 3.8) is 0 Å². The molecule has 0 amide bonds. The summed E-state index contributed by atoms with van der Waals surface area (Å²) in [5.74, 6) is 0.123. The van der Waals surface area contributed by atoms with Crippen LogP contribution >= 0.6 is 22.9 Å². The van der Waals surface area contributed by atoms with Crippen LogP contribution < -0.4 is 4.57 Å². The van der Waals surface area contributed by atoms with Gasteiger partial charge in [0.05, 0.1) is 9.21 Å². The van der Waals surface area contributed by atoms with Crippen LogP contribution in [-0.4, -0.2) is 5.78 Å². The van der Waals surface area contributed by atoms with Crippen molar-refractivity contribution in [2.75, 3.05) is 0 Å². The molecular formula is C15H15ClNOS+. The number of halogens is 1. The molecule has 98 valence electrons. The third-order valence-corrected chi connectivity index (χ3v) is 4.79. The van der Waals surface area contributed by atoms with Crippen LogP contribution in [0.2, 0.25) is 4.34 Å². The Kier molecular flexibility index (Phi) is 3.67. The van der Waals surface area contributed by atoms with Gasteiger partial charge in [-0.25, -0.2) is 0 Å². The summed E-state index contributed by atoms with van der Waals surface area (Å²) >= 11 is 7.21. The number of aryl methyl sites for hydroxylation is 2. The maximum atomic E-state index is 12.1. The van der Waals surface area contributed by atoms with Gasteiger partial charge in [0, 0.05) is 11.6 Å². The highest BCUT2D eigenvalue weighted by molar-refractivity contribution is 7.18. The summed E-state index contributed by atoms with van der Waals surface area (Å²) in [5, 5.41) is 0. The zero-order valence-electron chi connectivity index (χ0n) is 10.6. The van der Waals surface area contributed by atoms with E-state index in [1.165, 1.54) is 41.7 Å². The number of nitrogens with zero attached hydrogens (tertiary/aromatic N) is 1. The first-order chi connectivity index (χ1) is 9.22. The molecule has 0 fully saturated rings. The summed E-state index contributed by atoms with van der Waals surface area (Å²) < 4.78 is 2.65. The number of pyridine rings is 1. The molecule has 2 aromatic heterocycles. The predicted molar refractivity (Wildman–Crippen MR) is 76.9 cm³/mol. The topological polar surface area (TPSA) is 20.9 Å². The summed E-state index contributed by atoms with van der Waals surface area (Å²) in [5.41, 5.74) is 2.83. The van der Waals surface area contributed by atoms with Gasteiger partial charge in [-0.3, -0.25) is 4.79 Å². The normalized spacial score (nSPS) is 14.2. The number of hydrogen-bond acceptors (Lipinski definition) is 2. The van der Waals surface area contributed by atoms with Crippen LogP contribution in [0.3, 0.4) is 0 Å². The minimum absolute atomic E-state index is 0.123. The molecule has 2 nitrogen and oxygen atoms in total. The van der Waals surface area contributed by atoms with Gasteiger partial charge in [-0.1, -0.05) is 11.6 Å². The Balaban J connectivity index is 1.78. The monoisotopic (exact) mass is 292 g/mol. The number of Topliss-reactive ketones (excluding diaryl/α,β-unsaturated/α-hetero) is 1. The lowest BCUT2D eigenvalue weighted by molar-refractivity contribution is -0.683. The molecule has 19 heavy (non-hydrogen) atoms. The van der Waals surface area contributed by atoms with Crippen molar-refractivity contribution in [2.24, 2.45) is 0 Å². The molecule has 0 saturated carbocycles. The standard InChI is InChI=1S/C15H15ClNOS/c16-15-6-5-14(19-15)13(18)10-17-8-7-11-3-1-2-4-12(11)9-17/h5-9H,1-4,10H2/q+1. The van der Waals surface area contributed by atoms with Gasteiger partial charge in [-0.2, -0.15) is 4.57 Å². The van der Waals surface area contributed by atoms with Gasteiger partial charge in [-0.15, -0.1) is 11.3 Å². The lowest BCUT2D eigenvalue weighted by atomic mass is 9.93. The molecule has 0 atom stereocenters. The first kappa shape index (κ1) is 12.8. The van der Waals surface area contributed by atoms with Gasteiger partial charge in [0.15, 0.2) is 12.4 Å². The molecule has 0 radical (unpaired) electrons. The molecular weight excluding hydrogens is 278 g/mol. The van der Waals surface area contributed by atoms with Crippen molar-refractivity contribution < 1.29 is 9.36 Å². The number of carbonyl (C=O) groups is 1. The van der Waals surface area contributed by atoms with E-state index in [1.807, 2.05) is 10.8 Å². The molecule has 0 spiro atoms. The Bertz CT molecular complexity index is 620. The maximum absolute atomic E-state index is 12.1. The summed E-state index contributed by atoms with van der Waals surface area (Å²) in [4.78, 5) is 12.9. The number of carbonyl (C=O) groups excluding carboxylic acids is 1. The highest BCUT2D eigenvalue weighted by Crippen LogP contribution is 2.22. The van der Waals surface area contributed by atoms with Crippen LogP contribution in [-0.2, 0) is 19.4 Å². The fraction of sp³-hybridized carbons (Fsp3) is 0.333. The molecule has 3 rings (SSSR count). The first-order valence-electron chi connectivity index (χ1n) is 6.52. The van der Waals surface area contributed by atoms with Crippen LogP contribution in [0.1, 0.15) is 33.6 Å². The van der Waals surface area contributed by atoms with E-state index in [0.29, 0.717) is 10.9 Å². The van der Waals surface area contributed by atoms with E-state index >= 15 is 0 Å². The van der Waals surface area contributed by atoms with Crippen molar-refractivity contribution in [3.05, 3.63) is 50.9 Å². The number of hydrogen-bond donors (Lipinski definition) is 0. The SMILES string of the molecule is O=C(C[n+]1ccc2c(c1)CCCC2)c1ccc(Cl)s1. The molecule has 2 aromatic rings. The quantitative estimate of drug-likeness (QED) is 0.627. The number of aromatic nitrogens is 1. The van der Waals surface area contributed by atoms with E-state index in [-0.39, 0.29) is 5.78 Å². The maximum Gasteiger partial charge on any atom is 0.237 e. The molecule has 0 bridgehead atoms. The molecule has 0 aliphatic heterocycles. The zero-order valence-corrected chi connectivity index (χ0v) is 12.1. The largest absolute Gasteiger partial charge is 0.286 e. The highest BCUT2D eigenvalue weighted by atomic mass is 35.5. The van der Waals surface area contributed by atoms with Crippen molar-refractivity contribution in [3.8, 4) is 0 Å². The van der Waals surface area contributed by atoms with E-state index in [2.05, 4.69) is 12.3 Å². The molecule has 1 aliphatic rings. The van der Waals surface area contributed by atoms with Gasteiger partial charge in [0.25, 0.3) is 0 Å². The van der Waals surface area contributed by atoms with Gasteiger partial charge < -0.3 is 0 Å². The smallest absolute Gasteiger partial charge is 0.237 e. The summed E-state index contributed by atoms with van der Waals surface area (Å²) in [6.45, 7) is 0.393. The van der Waals surface area contributed by atoms with Crippen LogP contribution in [0.15, 0.2) is 30.6 Å². The zero-order chi connectivity index (χ0) is 13.2. The van der Waals surface area contributed by atoms with Gasteiger partial charge >= 0.3 is 0 Å². The molecule has 0 aromatic carbocycles. The minimum Gasteiger partial charge on any atom is -0.286 e. The Morgan fingerprint density at radius 3 is 2.74 bits per heavy atom. The number of ketones is 1. The summed E-state index contributed by atoms with van der Waals surface area (Å²) in [6.07, 6.45) is 8.98. The van der Waals surface area contributed by atoms with Crippen molar-refractivity contribution >= 4 is 28.7 Å². The molecule has 2 heterocycles. The van der Waals surface area contributed by atoms with Crippen LogP contribution in [0.25, 0.3) is 0 Å².